The molecule has 2 heterocycles. The third-order valence-corrected chi connectivity index (χ3v) is 3.82. The van der Waals surface area contributed by atoms with Crippen LogP contribution in [0.2, 0.25) is 0 Å². The van der Waals surface area contributed by atoms with Gasteiger partial charge in [-0.15, -0.1) is 11.3 Å². The quantitative estimate of drug-likeness (QED) is 0.835. The van der Waals surface area contributed by atoms with E-state index >= 15 is 0 Å². The smallest absolute Gasteiger partial charge is 0.164 e. The molecule has 0 aliphatic rings. The van der Waals surface area contributed by atoms with Gasteiger partial charge in [-0.1, -0.05) is 6.07 Å². The van der Waals surface area contributed by atoms with Crippen molar-refractivity contribution in [3.8, 4) is 0 Å². The van der Waals surface area contributed by atoms with Crippen LogP contribution in [0, 0.1) is 3.77 Å². The fourth-order valence-electron chi connectivity index (χ4n) is 1.52. The van der Waals surface area contributed by atoms with Gasteiger partial charge in [0, 0.05) is 10.9 Å². The van der Waals surface area contributed by atoms with Gasteiger partial charge in [-0.25, -0.2) is 0 Å². The molecule has 16 heavy (non-hydrogen) atoms. The number of furan rings is 1. The van der Waals surface area contributed by atoms with Crippen molar-refractivity contribution in [2.75, 3.05) is 0 Å². The first-order valence-electron chi connectivity index (χ1n) is 5.24. The number of thiophene rings is 1. The van der Waals surface area contributed by atoms with E-state index in [4.69, 9.17) is 4.42 Å². The summed E-state index contributed by atoms with van der Waals surface area (Å²) in [5.74, 6) is 1.00. The maximum absolute atomic E-state index is 5.50. The molecule has 0 amide bonds. The largest absolute Gasteiger partial charge is 0.454 e. The SMILES string of the molecule is CC(Cc1cccs1)NCc1ccc(I)o1. The van der Waals surface area contributed by atoms with Gasteiger partial charge in [0.25, 0.3) is 0 Å². The molecule has 0 bridgehead atoms. The lowest BCUT2D eigenvalue weighted by atomic mass is 10.2. The van der Waals surface area contributed by atoms with Crippen LogP contribution in [0.1, 0.15) is 17.6 Å². The van der Waals surface area contributed by atoms with Crippen LogP contribution in [-0.2, 0) is 13.0 Å². The van der Waals surface area contributed by atoms with Gasteiger partial charge in [-0.3, -0.25) is 0 Å². The van der Waals surface area contributed by atoms with E-state index in [0.29, 0.717) is 6.04 Å². The Morgan fingerprint density at radius 1 is 1.44 bits per heavy atom. The number of rotatable bonds is 5. The molecule has 1 N–H and O–H groups in total. The molecule has 0 fully saturated rings. The summed E-state index contributed by atoms with van der Waals surface area (Å²) in [6.07, 6.45) is 1.08. The molecule has 1 unspecified atom stereocenters. The summed E-state index contributed by atoms with van der Waals surface area (Å²) in [7, 11) is 0. The molecule has 0 spiro atoms. The molecule has 2 aromatic heterocycles. The van der Waals surface area contributed by atoms with Crippen LogP contribution >= 0.6 is 33.9 Å². The maximum atomic E-state index is 5.50. The molecule has 0 aliphatic heterocycles. The molecular formula is C12H14INOS. The fraction of sp³-hybridized carbons (Fsp3) is 0.333. The topological polar surface area (TPSA) is 25.2 Å². The van der Waals surface area contributed by atoms with Gasteiger partial charge in [0.2, 0.25) is 0 Å². The lowest BCUT2D eigenvalue weighted by molar-refractivity contribution is 0.440. The lowest BCUT2D eigenvalue weighted by Crippen LogP contribution is -2.27. The Morgan fingerprint density at radius 3 is 2.94 bits per heavy atom. The zero-order valence-corrected chi connectivity index (χ0v) is 12.0. The number of hydrogen-bond acceptors (Lipinski definition) is 3. The molecule has 4 heteroatoms. The molecule has 86 valence electrons. The lowest BCUT2D eigenvalue weighted by Gasteiger charge is -2.11. The molecule has 0 radical (unpaired) electrons. The second kappa shape index (κ2) is 5.84. The summed E-state index contributed by atoms with van der Waals surface area (Å²) in [6.45, 7) is 3.00. The molecule has 2 nitrogen and oxygen atoms in total. The minimum absolute atomic E-state index is 0.474. The van der Waals surface area contributed by atoms with Crippen molar-refractivity contribution in [1.29, 1.82) is 0 Å². The summed E-state index contributed by atoms with van der Waals surface area (Å²) in [5, 5.41) is 5.58. The van der Waals surface area contributed by atoms with Crippen molar-refractivity contribution in [2.24, 2.45) is 0 Å². The summed E-state index contributed by atoms with van der Waals surface area (Å²) < 4.78 is 6.44. The van der Waals surface area contributed by atoms with E-state index < -0.39 is 0 Å². The van der Waals surface area contributed by atoms with E-state index in [1.807, 2.05) is 23.5 Å². The Kier molecular flexibility index (Phi) is 4.43. The Bertz CT molecular complexity index is 424. The van der Waals surface area contributed by atoms with E-state index in [1.54, 1.807) is 0 Å². The average molecular weight is 347 g/mol. The zero-order chi connectivity index (χ0) is 11.4. The van der Waals surface area contributed by atoms with Gasteiger partial charge >= 0.3 is 0 Å². The highest BCUT2D eigenvalue weighted by atomic mass is 127. The predicted octanol–water partition coefficient (Wildman–Crippen LogP) is 3.67. The van der Waals surface area contributed by atoms with E-state index in [-0.39, 0.29) is 0 Å². The fourth-order valence-corrected chi connectivity index (χ4v) is 2.82. The molecule has 1 atom stereocenters. The first-order valence-corrected chi connectivity index (χ1v) is 7.20. The molecular weight excluding hydrogens is 333 g/mol. The van der Waals surface area contributed by atoms with E-state index in [2.05, 4.69) is 52.3 Å². The number of nitrogens with one attached hydrogen (secondary N) is 1. The van der Waals surface area contributed by atoms with Crippen molar-refractivity contribution >= 4 is 33.9 Å². The average Bonchev–Trinajstić information content (AvgIpc) is 2.87. The predicted molar refractivity (Wildman–Crippen MR) is 75.7 cm³/mol. The van der Waals surface area contributed by atoms with Crippen LogP contribution in [0.3, 0.4) is 0 Å². The van der Waals surface area contributed by atoms with Crippen LogP contribution in [0.25, 0.3) is 0 Å². The summed E-state index contributed by atoms with van der Waals surface area (Å²) in [5.41, 5.74) is 0. The van der Waals surface area contributed by atoms with Crippen LogP contribution in [0.15, 0.2) is 34.1 Å². The van der Waals surface area contributed by atoms with E-state index in [0.717, 1.165) is 22.5 Å². The highest BCUT2D eigenvalue weighted by molar-refractivity contribution is 14.1. The van der Waals surface area contributed by atoms with Crippen molar-refractivity contribution < 1.29 is 4.42 Å². The zero-order valence-electron chi connectivity index (χ0n) is 9.07. The molecule has 0 aliphatic carbocycles. The highest BCUT2D eigenvalue weighted by Crippen LogP contribution is 2.12. The normalized spacial score (nSPS) is 12.9. The minimum atomic E-state index is 0.474. The van der Waals surface area contributed by atoms with Gasteiger partial charge < -0.3 is 9.73 Å². The van der Waals surface area contributed by atoms with Crippen molar-refractivity contribution in [3.63, 3.8) is 0 Å². The maximum Gasteiger partial charge on any atom is 0.164 e. The van der Waals surface area contributed by atoms with Gasteiger partial charge in [0.05, 0.1) is 6.54 Å². The molecule has 0 saturated carbocycles. The summed E-state index contributed by atoms with van der Waals surface area (Å²) in [6, 6.07) is 8.76. The third-order valence-electron chi connectivity index (χ3n) is 2.34. The second-order valence-electron chi connectivity index (χ2n) is 3.77. The first kappa shape index (κ1) is 12.1. The number of halogens is 1. The van der Waals surface area contributed by atoms with Gasteiger partial charge in [-0.2, -0.15) is 0 Å². The molecule has 2 rings (SSSR count). The molecule has 0 saturated heterocycles. The first-order chi connectivity index (χ1) is 7.74. The summed E-state index contributed by atoms with van der Waals surface area (Å²) >= 11 is 4.00. The summed E-state index contributed by atoms with van der Waals surface area (Å²) in [4.78, 5) is 1.43. The van der Waals surface area contributed by atoms with Crippen molar-refractivity contribution in [2.45, 2.75) is 25.9 Å². The minimum Gasteiger partial charge on any atom is -0.454 e. The Balaban J connectivity index is 1.77. The van der Waals surface area contributed by atoms with Gasteiger partial charge in [0.1, 0.15) is 5.76 Å². The van der Waals surface area contributed by atoms with Crippen LogP contribution in [0.4, 0.5) is 0 Å². The van der Waals surface area contributed by atoms with Gasteiger partial charge in [0.15, 0.2) is 3.77 Å². The molecule has 2 aromatic rings. The highest BCUT2D eigenvalue weighted by Gasteiger charge is 2.05. The van der Waals surface area contributed by atoms with Crippen LogP contribution in [0.5, 0.6) is 0 Å². The second-order valence-corrected chi connectivity index (χ2v) is 5.87. The van der Waals surface area contributed by atoms with Crippen molar-refractivity contribution in [3.05, 3.63) is 44.0 Å². The van der Waals surface area contributed by atoms with Gasteiger partial charge in [-0.05, 0) is 59.5 Å². The van der Waals surface area contributed by atoms with Crippen LogP contribution < -0.4 is 5.32 Å². The third kappa shape index (κ3) is 3.61. The Hall–Kier alpha value is -0.330. The number of hydrogen-bond donors (Lipinski definition) is 1. The Morgan fingerprint density at radius 2 is 2.31 bits per heavy atom. The molecule has 0 aromatic carbocycles. The standard InChI is InChI=1S/C12H14INOS/c1-9(7-11-3-2-6-16-11)14-8-10-4-5-12(13)15-10/h2-6,9,14H,7-8H2,1H3. The Labute approximate surface area is 113 Å². The van der Waals surface area contributed by atoms with E-state index in [1.165, 1.54) is 4.88 Å². The van der Waals surface area contributed by atoms with E-state index in [9.17, 15) is 0 Å². The monoisotopic (exact) mass is 347 g/mol. The van der Waals surface area contributed by atoms with Crippen LogP contribution in [-0.4, -0.2) is 6.04 Å². The van der Waals surface area contributed by atoms with Crippen molar-refractivity contribution in [1.82, 2.24) is 5.32 Å².